The SMILES string of the molecule is CCNC(=NCC(O)COc1ccc([N+](=O)[O-])cc1)NC1CCN(C2CCCCC2)CC1. The molecule has 3 rings (SSSR count). The van der Waals surface area contributed by atoms with Gasteiger partial charge in [-0.05, 0) is 44.7 Å². The maximum Gasteiger partial charge on any atom is 0.269 e. The van der Waals surface area contributed by atoms with Crippen LogP contribution in [0.15, 0.2) is 29.3 Å². The van der Waals surface area contributed by atoms with Gasteiger partial charge in [-0.1, -0.05) is 19.3 Å². The Balaban J connectivity index is 1.41. The van der Waals surface area contributed by atoms with E-state index in [1.165, 1.54) is 56.4 Å². The Morgan fingerprint density at radius 2 is 1.91 bits per heavy atom. The van der Waals surface area contributed by atoms with Crippen molar-refractivity contribution < 1.29 is 14.8 Å². The predicted molar refractivity (Wildman–Crippen MR) is 125 cm³/mol. The summed E-state index contributed by atoms with van der Waals surface area (Å²) in [5.41, 5.74) is 0.00780. The van der Waals surface area contributed by atoms with Crippen molar-refractivity contribution in [3.63, 3.8) is 0 Å². The molecule has 1 saturated heterocycles. The number of guanidine groups is 1. The lowest BCUT2D eigenvalue weighted by atomic mass is 9.92. The standard InChI is InChI=1S/C23H37N5O4/c1-2-24-23(26-18-12-14-27(15-13-18)19-6-4-3-5-7-19)25-16-21(29)17-32-22-10-8-20(9-11-22)28(30)31/h8-11,18-19,21,29H,2-7,12-17H2,1H3,(H2,24,25,26). The summed E-state index contributed by atoms with van der Waals surface area (Å²) in [4.78, 5) is 17.4. The third kappa shape index (κ3) is 7.63. The normalized spacial score (nSPS) is 20.0. The minimum Gasteiger partial charge on any atom is -0.491 e. The molecule has 178 valence electrons. The number of aliphatic imine (C=N–C) groups is 1. The third-order valence-electron chi connectivity index (χ3n) is 6.26. The van der Waals surface area contributed by atoms with Crippen LogP contribution in [0.3, 0.4) is 0 Å². The van der Waals surface area contributed by atoms with Crippen molar-refractivity contribution in [2.75, 3.05) is 32.8 Å². The van der Waals surface area contributed by atoms with E-state index in [0.29, 0.717) is 11.8 Å². The number of piperidine rings is 1. The highest BCUT2D eigenvalue weighted by Crippen LogP contribution is 2.25. The molecule has 1 aromatic rings. The molecule has 0 aromatic heterocycles. The molecule has 1 heterocycles. The van der Waals surface area contributed by atoms with Gasteiger partial charge in [0.2, 0.25) is 0 Å². The van der Waals surface area contributed by atoms with Crippen molar-refractivity contribution in [1.82, 2.24) is 15.5 Å². The summed E-state index contributed by atoms with van der Waals surface area (Å²) in [5.74, 6) is 1.20. The minimum atomic E-state index is -0.770. The zero-order valence-corrected chi connectivity index (χ0v) is 19.0. The summed E-state index contributed by atoms with van der Waals surface area (Å²) in [6, 6.07) is 6.98. The van der Waals surface area contributed by atoms with Crippen LogP contribution in [-0.4, -0.2) is 71.9 Å². The van der Waals surface area contributed by atoms with Crippen molar-refractivity contribution in [3.05, 3.63) is 34.4 Å². The number of nitrogens with one attached hydrogen (secondary N) is 2. The average molecular weight is 448 g/mol. The van der Waals surface area contributed by atoms with Gasteiger partial charge in [0.25, 0.3) is 5.69 Å². The summed E-state index contributed by atoms with van der Waals surface area (Å²) in [6.07, 6.45) is 8.27. The van der Waals surface area contributed by atoms with Crippen LogP contribution in [0.1, 0.15) is 51.9 Å². The van der Waals surface area contributed by atoms with E-state index in [0.717, 1.165) is 44.5 Å². The molecule has 1 aromatic carbocycles. The maximum atomic E-state index is 10.7. The van der Waals surface area contributed by atoms with Crippen molar-refractivity contribution in [1.29, 1.82) is 0 Å². The Labute approximate surface area is 190 Å². The molecule has 1 saturated carbocycles. The first-order valence-electron chi connectivity index (χ1n) is 11.9. The molecule has 32 heavy (non-hydrogen) atoms. The number of nitrogens with zero attached hydrogens (tertiary/aromatic N) is 3. The van der Waals surface area contributed by atoms with Gasteiger partial charge in [-0.25, -0.2) is 0 Å². The lowest BCUT2D eigenvalue weighted by Crippen LogP contribution is -2.51. The lowest BCUT2D eigenvalue weighted by Gasteiger charge is -2.39. The molecule has 0 spiro atoms. The number of nitro groups is 1. The fourth-order valence-electron chi connectivity index (χ4n) is 4.47. The minimum absolute atomic E-state index is 0.00780. The molecule has 0 amide bonds. The second-order valence-electron chi connectivity index (χ2n) is 8.68. The molecule has 2 aliphatic rings. The van der Waals surface area contributed by atoms with Gasteiger partial charge in [0, 0.05) is 43.9 Å². The molecule has 3 N–H and O–H groups in total. The Hall–Kier alpha value is -2.39. The fraction of sp³-hybridized carbons (Fsp3) is 0.696. The molecule has 9 heteroatoms. The number of ether oxygens (including phenoxy) is 1. The largest absolute Gasteiger partial charge is 0.491 e. The molecule has 1 atom stereocenters. The van der Waals surface area contributed by atoms with E-state index in [1.807, 2.05) is 6.92 Å². The monoisotopic (exact) mass is 447 g/mol. The number of nitro benzene ring substituents is 1. The van der Waals surface area contributed by atoms with Gasteiger partial charge >= 0.3 is 0 Å². The van der Waals surface area contributed by atoms with Crippen molar-refractivity contribution in [3.8, 4) is 5.75 Å². The Morgan fingerprint density at radius 3 is 2.53 bits per heavy atom. The summed E-state index contributed by atoms with van der Waals surface area (Å²) < 4.78 is 5.53. The van der Waals surface area contributed by atoms with Crippen molar-refractivity contribution in [2.45, 2.75) is 70.1 Å². The molecular weight excluding hydrogens is 410 g/mol. The van der Waals surface area contributed by atoms with E-state index in [-0.39, 0.29) is 18.8 Å². The molecule has 1 aliphatic heterocycles. The summed E-state index contributed by atoms with van der Waals surface area (Å²) in [6.45, 7) is 5.32. The first-order chi connectivity index (χ1) is 15.5. The number of benzene rings is 1. The van der Waals surface area contributed by atoms with Gasteiger partial charge in [-0.2, -0.15) is 0 Å². The van der Waals surface area contributed by atoms with Crippen molar-refractivity contribution >= 4 is 11.6 Å². The first-order valence-corrected chi connectivity index (χ1v) is 11.9. The van der Waals surface area contributed by atoms with Gasteiger partial charge in [0.05, 0.1) is 11.5 Å². The van der Waals surface area contributed by atoms with Gasteiger partial charge in [-0.3, -0.25) is 15.1 Å². The number of aliphatic hydroxyl groups excluding tert-OH is 1. The van der Waals surface area contributed by atoms with E-state index in [9.17, 15) is 15.2 Å². The zero-order valence-electron chi connectivity index (χ0n) is 19.0. The Bertz CT molecular complexity index is 728. The smallest absolute Gasteiger partial charge is 0.269 e. The molecule has 2 fully saturated rings. The van der Waals surface area contributed by atoms with Crippen LogP contribution in [0.5, 0.6) is 5.75 Å². The molecule has 0 radical (unpaired) electrons. The van der Waals surface area contributed by atoms with E-state index in [1.54, 1.807) is 0 Å². The summed E-state index contributed by atoms with van der Waals surface area (Å²) in [7, 11) is 0. The second kappa shape index (κ2) is 12.6. The van der Waals surface area contributed by atoms with Gasteiger partial charge < -0.3 is 25.4 Å². The number of rotatable bonds is 9. The van der Waals surface area contributed by atoms with E-state index < -0.39 is 11.0 Å². The first kappa shape index (κ1) is 24.3. The number of likely N-dealkylation sites (tertiary alicyclic amines) is 1. The molecule has 0 bridgehead atoms. The zero-order chi connectivity index (χ0) is 22.8. The van der Waals surface area contributed by atoms with Gasteiger partial charge in [0.15, 0.2) is 5.96 Å². The molecule has 1 aliphatic carbocycles. The topological polar surface area (TPSA) is 112 Å². The lowest BCUT2D eigenvalue weighted by molar-refractivity contribution is -0.384. The Morgan fingerprint density at radius 1 is 1.22 bits per heavy atom. The number of aliphatic hydroxyl groups is 1. The highest BCUT2D eigenvalue weighted by molar-refractivity contribution is 5.80. The van der Waals surface area contributed by atoms with Crippen LogP contribution in [0.4, 0.5) is 5.69 Å². The predicted octanol–water partition coefficient (Wildman–Crippen LogP) is 2.69. The molecule has 9 nitrogen and oxygen atoms in total. The van der Waals surface area contributed by atoms with Crippen molar-refractivity contribution in [2.24, 2.45) is 4.99 Å². The van der Waals surface area contributed by atoms with Crippen LogP contribution in [0.25, 0.3) is 0 Å². The Kier molecular flexibility index (Phi) is 9.55. The summed E-state index contributed by atoms with van der Waals surface area (Å²) >= 11 is 0. The molecular formula is C23H37N5O4. The van der Waals surface area contributed by atoms with Crippen LogP contribution < -0.4 is 15.4 Å². The number of hydrogen-bond donors (Lipinski definition) is 3. The third-order valence-corrected chi connectivity index (χ3v) is 6.26. The van der Waals surface area contributed by atoms with Crippen LogP contribution >= 0.6 is 0 Å². The number of hydrogen-bond acceptors (Lipinski definition) is 6. The highest BCUT2D eigenvalue weighted by atomic mass is 16.6. The number of non-ortho nitro benzene ring substituents is 1. The van der Waals surface area contributed by atoms with Crippen LogP contribution in [0.2, 0.25) is 0 Å². The summed E-state index contributed by atoms with van der Waals surface area (Å²) in [5, 5.41) is 27.7. The highest BCUT2D eigenvalue weighted by Gasteiger charge is 2.26. The van der Waals surface area contributed by atoms with E-state index in [2.05, 4.69) is 20.5 Å². The van der Waals surface area contributed by atoms with Crippen LogP contribution in [0, 0.1) is 10.1 Å². The quantitative estimate of drug-likeness (QED) is 0.231. The molecule has 1 unspecified atom stereocenters. The van der Waals surface area contributed by atoms with Gasteiger partial charge in [0.1, 0.15) is 18.5 Å². The fourth-order valence-corrected chi connectivity index (χ4v) is 4.47. The van der Waals surface area contributed by atoms with E-state index in [4.69, 9.17) is 4.74 Å². The average Bonchev–Trinajstić information content (AvgIpc) is 2.82. The maximum absolute atomic E-state index is 10.7. The van der Waals surface area contributed by atoms with E-state index >= 15 is 0 Å². The van der Waals surface area contributed by atoms with Crippen LogP contribution in [-0.2, 0) is 0 Å². The second-order valence-corrected chi connectivity index (χ2v) is 8.68. The van der Waals surface area contributed by atoms with Gasteiger partial charge in [-0.15, -0.1) is 0 Å².